The van der Waals surface area contributed by atoms with Crippen molar-refractivity contribution in [2.24, 2.45) is 5.92 Å². The fraction of sp³-hybridized carbons (Fsp3) is 0.417. The summed E-state index contributed by atoms with van der Waals surface area (Å²) in [5, 5.41) is 21.7. The SMILES string of the molecule is CC(CCCNC(=O)c1cc([N+](=O)[O-])cnc1Cl)C(=O)O. The predicted octanol–water partition coefficient (Wildman–Crippen LogP) is 1.87. The number of amides is 1. The number of rotatable bonds is 7. The zero-order chi connectivity index (χ0) is 16.0. The zero-order valence-corrected chi connectivity index (χ0v) is 12.0. The summed E-state index contributed by atoms with van der Waals surface area (Å²) in [5.74, 6) is -1.98. The van der Waals surface area contributed by atoms with Gasteiger partial charge in [-0.1, -0.05) is 18.5 Å². The average molecular weight is 316 g/mol. The van der Waals surface area contributed by atoms with Crippen molar-refractivity contribution in [3.8, 4) is 0 Å². The third-order valence-electron chi connectivity index (χ3n) is 2.80. The summed E-state index contributed by atoms with van der Waals surface area (Å²) in [6.07, 6.45) is 1.85. The van der Waals surface area contributed by atoms with Gasteiger partial charge in [0, 0.05) is 12.6 Å². The molecule has 1 rings (SSSR count). The smallest absolute Gasteiger partial charge is 0.306 e. The lowest BCUT2D eigenvalue weighted by Gasteiger charge is -2.08. The van der Waals surface area contributed by atoms with Crippen LogP contribution in [0.3, 0.4) is 0 Å². The Kier molecular flexibility index (Phi) is 6.04. The minimum atomic E-state index is -0.896. The lowest BCUT2D eigenvalue weighted by atomic mass is 10.1. The van der Waals surface area contributed by atoms with Crippen LogP contribution in [0.25, 0.3) is 0 Å². The van der Waals surface area contributed by atoms with Crippen molar-refractivity contribution in [2.45, 2.75) is 19.8 Å². The lowest BCUT2D eigenvalue weighted by molar-refractivity contribution is -0.385. The number of nitrogens with one attached hydrogen (secondary N) is 1. The van der Waals surface area contributed by atoms with Crippen LogP contribution in [0.15, 0.2) is 12.3 Å². The second-order valence-corrected chi connectivity index (χ2v) is 4.78. The van der Waals surface area contributed by atoms with Crippen LogP contribution in [0, 0.1) is 16.0 Å². The highest BCUT2D eigenvalue weighted by molar-refractivity contribution is 6.32. The molecule has 9 heteroatoms. The molecule has 1 heterocycles. The first-order valence-electron chi connectivity index (χ1n) is 6.14. The zero-order valence-electron chi connectivity index (χ0n) is 11.2. The van der Waals surface area contributed by atoms with E-state index in [1.165, 1.54) is 0 Å². The van der Waals surface area contributed by atoms with Crippen LogP contribution in [0.2, 0.25) is 5.15 Å². The second-order valence-electron chi connectivity index (χ2n) is 4.43. The molecule has 1 atom stereocenters. The standard InChI is InChI=1S/C12H14ClN3O5/c1-7(12(18)19)3-2-4-14-11(17)9-5-8(16(20)21)6-15-10(9)13/h5-7H,2-4H2,1H3,(H,14,17)(H,18,19). The van der Waals surface area contributed by atoms with E-state index in [1.807, 2.05) is 0 Å². The number of carbonyl (C=O) groups is 2. The Morgan fingerprint density at radius 2 is 2.24 bits per heavy atom. The molecule has 0 aliphatic heterocycles. The van der Waals surface area contributed by atoms with Crippen LogP contribution < -0.4 is 5.32 Å². The molecular formula is C12H14ClN3O5. The Labute approximate surface area is 125 Å². The number of pyridine rings is 1. The number of aliphatic carboxylic acids is 1. The third-order valence-corrected chi connectivity index (χ3v) is 3.10. The highest BCUT2D eigenvalue weighted by Crippen LogP contribution is 2.18. The van der Waals surface area contributed by atoms with Gasteiger partial charge < -0.3 is 10.4 Å². The predicted molar refractivity (Wildman–Crippen MR) is 74.3 cm³/mol. The largest absolute Gasteiger partial charge is 0.481 e. The van der Waals surface area contributed by atoms with Gasteiger partial charge in [0.15, 0.2) is 0 Å². The summed E-state index contributed by atoms with van der Waals surface area (Å²) in [7, 11) is 0. The van der Waals surface area contributed by atoms with Crippen molar-refractivity contribution < 1.29 is 19.6 Å². The van der Waals surface area contributed by atoms with Gasteiger partial charge in [0.2, 0.25) is 0 Å². The summed E-state index contributed by atoms with van der Waals surface area (Å²) in [6.45, 7) is 1.82. The molecule has 2 N–H and O–H groups in total. The molecule has 0 aliphatic rings. The number of nitrogens with zero attached hydrogens (tertiary/aromatic N) is 2. The van der Waals surface area contributed by atoms with Gasteiger partial charge >= 0.3 is 5.97 Å². The Bertz CT molecular complexity index is 564. The minimum Gasteiger partial charge on any atom is -0.481 e. The van der Waals surface area contributed by atoms with E-state index in [4.69, 9.17) is 16.7 Å². The first kappa shape index (κ1) is 16.8. The Morgan fingerprint density at radius 1 is 1.57 bits per heavy atom. The molecule has 1 unspecified atom stereocenters. The molecule has 1 aromatic heterocycles. The third kappa shape index (κ3) is 4.99. The van der Waals surface area contributed by atoms with Crippen LogP contribution in [-0.2, 0) is 4.79 Å². The van der Waals surface area contributed by atoms with E-state index in [2.05, 4.69) is 10.3 Å². The quantitative estimate of drug-likeness (QED) is 0.343. The molecule has 0 saturated heterocycles. The van der Waals surface area contributed by atoms with Crippen LogP contribution in [0.5, 0.6) is 0 Å². The molecule has 0 aromatic carbocycles. The summed E-state index contributed by atoms with van der Waals surface area (Å²) in [4.78, 5) is 36.0. The van der Waals surface area contributed by atoms with E-state index < -0.39 is 22.7 Å². The molecule has 8 nitrogen and oxygen atoms in total. The van der Waals surface area contributed by atoms with Gasteiger partial charge in [-0.3, -0.25) is 19.7 Å². The van der Waals surface area contributed by atoms with E-state index in [9.17, 15) is 19.7 Å². The van der Waals surface area contributed by atoms with Gasteiger partial charge in [-0.15, -0.1) is 0 Å². The molecule has 0 radical (unpaired) electrons. The van der Waals surface area contributed by atoms with Gasteiger partial charge in [-0.2, -0.15) is 0 Å². The maximum absolute atomic E-state index is 11.8. The van der Waals surface area contributed by atoms with Crippen LogP contribution >= 0.6 is 11.6 Å². The first-order chi connectivity index (χ1) is 9.82. The van der Waals surface area contributed by atoms with E-state index >= 15 is 0 Å². The van der Waals surface area contributed by atoms with Crippen molar-refractivity contribution in [2.75, 3.05) is 6.54 Å². The Morgan fingerprint density at radius 3 is 2.81 bits per heavy atom. The van der Waals surface area contributed by atoms with Gasteiger partial charge in [0.05, 0.1) is 16.4 Å². The van der Waals surface area contributed by atoms with Gasteiger partial charge in [0.25, 0.3) is 11.6 Å². The molecule has 1 aromatic rings. The van der Waals surface area contributed by atoms with Crippen LogP contribution in [0.4, 0.5) is 5.69 Å². The molecule has 0 aliphatic carbocycles. The van der Waals surface area contributed by atoms with Gasteiger partial charge in [0.1, 0.15) is 11.3 Å². The van der Waals surface area contributed by atoms with E-state index in [1.54, 1.807) is 6.92 Å². The molecule has 0 bridgehead atoms. The maximum atomic E-state index is 11.8. The number of carbonyl (C=O) groups excluding carboxylic acids is 1. The van der Waals surface area contributed by atoms with E-state index in [0.29, 0.717) is 12.8 Å². The highest BCUT2D eigenvalue weighted by Gasteiger charge is 2.17. The number of hydrogen-bond acceptors (Lipinski definition) is 5. The minimum absolute atomic E-state index is 0.0860. The second kappa shape index (κ2) is 7.53. The highest BCUT2D eigenvalue weighted by atomic mass is 35.5. The number of nitro groups is 1. The summed E-state index contributed by atoms with van der Waals surface area (Å²) in [6, 6.07) is 1.05. The van der Waals surface area contributed by atoms with Crippen LogP contribution in [0.1, 0.15) is 30.1 Å². The maximum Gasteiger partial charge on any atom is 0.306 e. The monoisotopic (exact) mass is 315 g/mol. The molecule has 114 valence electrons. The summed E-state index contributed by atoms with van der Waals surface area (Å²) >= 11 is 5.73. The fourth-order valence-corrected chi connectivity index (χ4v) is 1.71. The molecule has 0 saturated carbocycles. The summed E-state index contributed by atoms with van der Waals surface area (Å²) < 4.78 is 0. The molecule has 0 spiro atoms. The van der Waals surface area contributed by atoms with Crippen LogP contribution in [-0.4, -0.2) is 33.4 Å². The Hall–Kier alpha value is -2.22. The first-order valence-corrected chi connectivity index (χ1v) is 6.51. The van der Waals surface area contributed by atoms with E-state index in [0.717, 1.165) is 12.3 Å². The number of hydrogen-bond donors (Lipinski definition) is 2. The topological polar surface area (TPSA) is 122 Å². The molecule has 1 amide bonds. The van der Waals surface area contributed by atoms with Crippen molar-refractivity contribution in [3.63, 3.8) is 0 Å². The fourth-order valence-electron chi connectivity index (χ4n) is 1.52. The lowest BCUT2D eigenvalue weighted by Crippen LogP contribution is -2.25. The molecule has 0 fully saturated rings. The molecule has 21 heavy (non-hydrogen) atoms. The average Bonchev–Trinajstić information content (AvgIpc) is 2.43. The summed E-state index contributed by atoms with van der Waals surface area (Å²) in [5.41, 5.74) is -0.416. The number of halogens is 1. The van der Waals surface area contributed by atoms with Crippen molar-refractivity contribution in [3.05, 3.63) is 33.1 Å². The van der Waals surface area contributed by atoms with Gasteiger partial charge in [-0.25, -0.2) is 4.98 Å². The number of aromatic nitrogens is 1. The van der Waals surface area contributed by atoms with Crippen molar-refractivity contribution >= 4 is 29.2 Å². The molecular weight excluding hydrogens is 302 g/mol. The number of carboxylic acids is 1. The van der Waals surface area contributed by atoms with Gasteiger partial charge in [-0.05, 0) is 12.8 Å². The Balaban J connectivity index is 2.58. The van der Waals surface area contributed by atoms with Crippen molar-refractivity contribution in [1.29, 1.82) is 0 Å². The van der Waals surface area contributed by atoms with Crippen molar-refractivity contribution in [1.82, 2.24) is 10.3 Å². The number of carboxylic acid groups (broad SMARTS) is 1. The van der Waals surface area contributed by atoms with E-state index in [-0.39, 0.29) is 22.9 Å². The normalized spacial score (nSPS) is 11.7.